The molecule has 0 saturated carbocycles. The molecule has 0 aliphatic carbocycles. The number of benzene rings is 3. The predicted molar refractivity (Wildman–Crippen MR) is 120 cm³/mol. The van der Waals surface area contributed by atoms with Gasteiger partial charge in [-0.15, -0.1) is 0 Å². The van der Waals surface area contributed by atoms with Gasteiger partial charge < -0.3 is 4.74 Å². The molecule has 0 heterocycles. The van der Waals surface area contributed by atoms with Crippen LogP contribution in [-0.2, 0) is 32.5 Å². The Morgan fingerprint density at radius 3 is 2.28 bits per heavy atom. The average molecular weight is 455 g/mol. The molecule has 0 atom stereocenters. The summed E-state index contributed by atoms with van der Waals surface area (Å²) in [5, 5.41) is 11.1. The van der Waals surface area contributed by atoms with E-state index in [0.29, 0.717) is 11.3 Å². The van der Waals surface area contributed by atoms with Crippen LogP contribution in [-0.4, -0.2) is 25.9 Å². The van der Waals surface area contributed by atoms with E-state index in [0.717, 1.165) is 11.6 Å². The van der Waals surface area contributed by atoms with E-state index in [2.05, 4.69) is 0 Å². The third-order valence-corrected chi connectivity index (χ3v) is 6.43. The summed E-state index contributed by atoms with van der Waals surface area (Å²) in [6, 6.07) is 20.5. The van der Waals surface area contributed by atoms with E-state index in [4.69, 9.17) is 4.74 Å². The maximum atomic E-state index is 13.5. The maximum Gasteiger partial charge on any atom is 0.310 e. The molecule has 0 amide bonds. The van der Waals surface area contributed by atoms with Gasteiger partial charge in [0.15, 0.2) is 0 Å². The Bertz CT molecular complexity index is 1190. The lowest BCUT2D eigenvalue weighted by atomic mass is 10.1. The largest absolute Gasteiger partial charge is 0.466 e. The number of carbonyl (C=O) groups is 1. The third-order valence-electron chi connectivity index (χ3n) is 4.66. The molecule has 32 heavy (non-hydrogen) atoms. The van der Waals surface area contributed by atoms with Gasteiger partial charge in [-0.3, -0.25) is 19.2 Å². The lowest BCUT2D eigenvalue weighted by Crippen LogP contribution is -2.30. The molecule has 0 N–H and O–H groups in total. The Hall–Kier alpha value is -3.72. The van der Waals surface area contributed by atoms with E-state index >= 15 is 0 Å². The topological polar surface area (TPSA) is 107 Å². The van der Waals surface area contributed by atoms with Crippen molar-refractivity contribution in [2.45, 2.75) is 24.8 Å². The van der Waals surface area contributed by atoms with Crippen LogP contribution in [0.3, 0.4) is 0 Å². The molecule has 0 bridgehead atoms. The van der Waals surface area contributed by atoms with E-state index in [1.165, 1.54) is 22.5 Å². The maximum absolute atomic E-state index is 13.5. The fourth-order valence-electron chi connectivity index (χ4n) is 3.11. The second-order valence-corrected chi connectivity index (χ2v) is 8.76. The highest BCUT2D eigenvalue weighted by molar-refractivity contribution is 7.92. The fourth-order valence-corrected chi connectivity index (χ4v) is 4.60. The summed E-state index contributed by atoms with van der Waals surface area (Å²) >= 11 is 0. The van der Waals surface area contributed by atoms with E-state index in [-0.39, 0.29) is 36.1 Å². The van der Waals surface area contributed by atoms with Crippen molar-refractivity contribution in [2.75, 3.05) is 10.9 Å². The van der Waals surface area contributed by atoms with E-state index < -0.39 is 14.9 Å². The molecular weight excluding hydrogens is 432 g/mol. The zero-order chi connectivity index (χ0) is 23.1. The second kappa shape index (κ2) is 10.1. The SMILES string of the molecule is CCOC(=O)Cc1ccc(N(Cc2ccccc2)S(=O)(=O)c2cccc([N+](=O)[O-])c2)cc1. The number of non-ortho nitro benzene ring substituents is 1. The minimum Gasteiger partial charge on any atom is -0.466 e. The zero-order valence-electron chi connectivity index (χ0n) is 17.4. The van der Waals surface area contributed by atoms with Crippen LogP contribution < -0.4 is 4.31 Å². The molecule has 0 aliphatic rings. The highest BCUT2D eigenvalue weighted by Gasteiger charge is 2.27. The van der Waals surface area contributed by atoms with Gasteiger partial charge in [-0.1, -0.05) is 48.5 Å². The fraction of sp³-hybridized carbons (Fsp3) is 0.174. The number of nitrogens with zero attached hydrogens (tertiary/aromatic N) is 2. The van der Waals surface area contributed by atoms with E-state index in [1.54, 1.807) is 55.5 Å². The summed E-state index contributed by atoms with van der Waals surface area (Å²) in [5.74, 6) is -0.370. The number of hydrogen-bond donors (Lipinski definition) is 0. The van der Waals surface area contributed by atoms with Gasteiger partial charge in [0.2, 0.25) is 0 Å². The lowest BCUT2D eigenvalue weighted by molar-refractivity contribution is -0.385. The molecule has 0 aromatic heterocycles. The van der Waals surface area contributed by atoms with Crippen molar-refractivity contribution < 1.29 is 22.9 Å². The lowest BCUT2D eigenvalue weighted by Gasteiger charge is -2.25. The average Bonchev–Trinajstić information content (AvgIpc) is 2.79. The molecule has 166 valence electrons. The van der Waals surface area contributed by atoms with Gasteiger partial charge in [0.25, 0.3) is 15.7 Å². The van der Waals surface area contributed by atoms with E-state index in [1.807, 2.05) is 6.07 Å². The first-order valence-corrected chi connectivity index (χ1v) is 11.3. The third kappa shape index (κ3) is 5.50. The summed E-state index contributed by atoms with van der Waals surface area (Å²) in [6.07, 6.45) is 0.0738. The quantitative estimate of drug-likeness (QED) is 0.274. The van der Waals surface area contributed by atoms with Gasteiger partial charge in [0.1, 0.15) is 0 Å². The van der Waals surface area contributed by atoms with Crippen LogP contribution in [0.5, 0.6) is 0 Å². The smallest absolute Gasteiger partial charge is 0.310 e. The number of carbonyl (C=O) groups excluding carboxylic acids is 1. The van der Waals surface area contributed by atoms with Gasteiger partial charge in [0.05, 0.1) is 35.1 Å². The molecule has 9 heteroatoms. The molecule has 0 fully saturated rings. The van der Waals surface area contributed by atoms with Gasteiger partial charge in [-0.05, 0) is 36.2 Å². The Morgan fingerprint density at radius 1 is 0.969 bits per heavy atom. The Labute approximate surface area is 186 Å². The molecule has 3 aromatic carbocycles. The molecule has 3 rings (SSSR count). The number of hydrogen-bond acceptors (Lipinski definition) is 6. The van der Waals surface area contributed by atoms with Crippen LogP contribution in [0.1, 0.15) is 18.1 Å². The van der Waals surface area contributed by atoms with Crippen LogP contribution >= 0.6 is 0 Å². The summed E-state index contributed by atoms with van der Waals surface area (Å²) in [5.41, 5.74) is 1.49. The zero-order valence-corrected chi connectivity index (χ0v) is 18.2. The summed E-state index contributed by atoms with van der Waals surface area (Å²) in [6.45, 7) is 2.04. The first-order chi connectivity index (χ1) is 15.3. The van der Waals surface area contributed by atoms with Gasteiger partial charge in [-0.2, -0.15) is 0 Å². The van der Waals surface area contributed by atoms with Crippen LogP contribution in [0.15, 0.2) is 83.8 Å². The first-order valence-electron chi connectivity index (χ1n) is 9.87. The monoisotopic (exact) mass is 454 g/mol. The Balaban J connectivity index is 1.99. The van der Waals surface area contributed by atoms with Gasteiger partial charge in [0, 0.05) is 12.1 Å². The van der Waals surface area contributed by atoms with Crippen molar-refractivity contribution in [1.29, 1.82) is 0 Å². The predicted octanol–water partition coefficient (Wildman–Crippen LogP) is 4.10. The van der Waals surface area contributed by atoms with Crippen molar-refractivity contribution in [3.63, 3.8) is 0 Å². The normalized spacial score (nSPS) is 11.0. The molecule has 3 aromatic rings. The van der Waals surface area contributed by atoms with Crippen LogP contribution in [0.4, 0.5) is 11.4 Å². The summed E-state index contributed by atoms with van der Waals surface area (Å²) in [7, 11) is -4.12. The van der Waals surface area contributed by atoms with Crippen LogP contribution in [0.25, 0.3) is 0 Å². The number of nitro groups is 1. The van der Waals surface area contributed by atoms with Crippen molar-refractivity contribution in [3.8, 4) is 0 Å². The molecule has 0 aliphatic heterocycles. The standard InChI is InChI=1S/C23H22N2O6S/c1-2-31-23(26)15-18-11-13-20(14-12-18)24(17-19-7-4-3-5-8-19)32(29,30)22-10-6-9-21(16-22)25(27)28/h3-14,16H,2,15,17H2,1H3. The molecule has 0 saturated heterocycles. The molecule has 0 spiro atoms. The first kappa shape index (κ1) is 23.0. The van der Waals surface area contributed by atoms with E-state index in [9.17, 15) is 23.3 Å². The second-order valence-electron chi connectivity index (χ2n) is 6.90. The summed E-state index contributed by atoms with van der Waals surface area (Å²) < 4.78 is 33.1. The van der Waals surface area contributed by atoms with Crippen molar-refractivity contribution in [2.24, 2.45) is 0 Å². The van der Waals surface area contributed by atoms with Crippen LogP contribution in [0.2, 0.25) is 0 Å². The van der Waals surface area contributed by atoms with Crippen molar-refractivity contribution in [3.05, 3.63) is 100 Å². The summed E-state index contributed by atoms with van der Waals surface area (Å²) in [4.78, 5) is 22.0. The van der Waals surface area contributed by atoms with Gasteiger partial charge in [-0.25, -0.2) is 8.42 Å². The number of anilines is 1. The van der Waals surface area contributed by atoms with Crippen molar-refractivity contribution in [1.82, 2.24) is 0 Å². The van der Waals surface area contributed by atoms with Gasteiger partial charge >= 0.3 is 5.97 Å². The molecule has 0 radical (unpaired) electrons. The molecule has 8 nitrogen and oxygen atoms in total. The minimum absolute atomic E-state index is 0.0308. The number of ether oxygens (including phenoxy) is 1. The van der Waals surface area contributed by atoms with Crippen molar-refractivity contribution >= 4 is 27.4 Å². The Morgan fingerprint density at radius 2 is 1.66 bits per heavy atom. The number of sulfonamides is 1. The Kier molecular flexibility index (Phi) is 7.21. The number of rotatable bonds is 9. The number of nitro benzene ring substituents is 1. The molecule has 0 unspecified atom stereocenters. The highest BCUT2D eigenvalue weighted by atomic mass is 32.2. The van der Waals surface area contributed by atoms with Crippen LogP contribution in [0, 0.1) is 10.1 Å². The highest BCUT2D eigenvalue weighted by Crippen LogP contribution is 2.28. The molecular formula is C23H22N2O6S. The number of esters is 1. The minimum atomic E-state index is -4.12.